The van der Waals surface area contributed by atoms with Crippen molar-refractivity contribution < 1.29 is 33.8 Å². The lowest BCUT2D eigenvalue weighted by Crippen LogP contribution is -2.45. The third-order valence-corrected chi connectivity index (χ3v) is 4.38. The predicted octanol–water partition coefficient (Wildman–Crippen LogP) is 2.72. The Balaban J connectivity index is 1.92. The number of aromatic hydroxyl groups is 1. The van der Waals surface area contributed by atoms with Crippen LogP contribution in [-0.2, 0) is 19.1 Å². The second-order valence-corrected chi connectivity index (χ2v) is 8.21. The summed E-state index contributed by atoms with van der Waals surface area (Å²) < 4.78 is 10.5. The maximum Gasteiger partial charge on any atom is 0.410 e. The molecule has 1 aliphatic rings. The third-order valence-electron chi connectivity index (χ3n) is 4.38. The van der Waals surface area contributed by atoms with E-state index in [1.165, 1.54) is 30.0 Å². The van der Waals surface area contributed by atoms with E-state index in [9.17, 15) is 24.3 Å². The van der Waals surface area contributed by atoms with Gasteiger partial charge in [-0.3, -0.25) is 14.4 Å². The summed E-state index contributed by atoms with van der Waals surface area (Å²) >= 11 is 0. The number of ketones is 1. The van der Waals surface area contributed by atoms with E-state index < -0.39 is 41.9 Å². The maximum atomic E-state index is 12.4. The van der Waals surface area contributed by atoms with E-state index in [-0.39, 0.29) is 23.5 Å². The molecule has 164 valence electrons. The summed E-state index contributed by atoms with van der Waals surface area (Å²) in [7, 11) is 0. The van der Waals surface area contributed by atoms with Crippen molar-refractivity contribution in [2.24, 2.45) is 5.92 Å². The highest BCUT2D eigenvalue weighted by molar-refractivity contribution is 6.00. The van der Waals surface area contributed by atoms with Gasteiger partial charge in [-0.15, -0.1) is 0 Å². The number of piperidine rings is 1. The van der Waals surface area contributed by atoms with Crippen molar-refractivity contribution in [2.75, 3.05) is 25.0 Å². The van der Waals surface area contributed by atoms with E-state index in [4.69, 9.17) is 9.47 Å². The monoisotopic (exact) mass is 420 g/mol. The van der Waals surface area contributed by atoms with Gasteiger partial charge >= 0.3 is 12.1 Å². The Hall–Kier alpha value is -3.10. The number of hydrogen-bond donors (Lipinski definition) is 2. The molecule has 1 aliphatic heterocycles. The topological polar surface area (TPSA) is 122 Å². The summed E-state index contributed by atoms with van der Waals surface area (Å²) in [6, 6.07) is 3.97. The molecule has 1 atom stereocenters. The van der Waals surface area contributed by atoms with Gasteiger partial charge in [0, 0.05) is 25.6 Å². The Labute approximate surface area is 175 Å². The number of amides is 2. The number of Topliss-reactive ketones (excluding diaryl/α,β-unsaturated/α-hetero) is 1. The molecule has 0 bridgehead atoms. The molecule has 9 nitrogen and oxygen atoms in total. The highest BCUT2D eigenvalue weighted by atomic mass is 16.6. The summed E-state index contributed by atoms with van der Waals surface area (Å²) in [5.41, 5.74) is -0.347. The predicted molar refractivity (Wildman–Crippen MR) is 108 cm³/mol. The van der Waals surface area contributed by atoms with Crippen LogP contribution in [0.1, 0.15) is 50.9 Å². The van der Waals surface area contributed by atoms with Gasteiger partial charge in [0.05, 0.1) is 11.6 Å². The largest absolute Gasteiger partial charge is 0.506 e. The van der Waals surface area contributed by atoms with Crippen molar-refractivity contribution in [3.63, 3.8) is 0 Å². The van der Waals surface area contributed by atoms with Crippen LogP contribution >= 0.6 is 0 Å². The number of phenols is 1. The summed E-state index contributed by atoms with van der Waals surface area (Å²) in [5, 5.41) is 12.2. The molecule has 30 heavy (non-hydrogen) atoms. The summed E-state index contributed by atoms with van der Waals surface area (Å²) in [6.45, 7) is 6.78. The van der Waals surface area contributed by atoms with Gasteiger partial charge < -0.3 is 24.8 Å². The Morgan fingerprint density at radius 3 is 2.57 bits per heavy atom. The smallest absolute Gasteiger partial charge is 0.410 e. The normalized spacial score (nSPS) is 16.5. The lowest BCUT2D eigenvalue weighted by molar-refractivity contribution is -0.149. The highest BCUT2D eigenvalue weighted by Gasteiger charge is 2.32. The van der Waals surface area contributed by atoms with Crippen molar-refractivity contribution in [3.8, 4) is 5.75 Å². The maximum absolute atomic E-state index is 12.4. The van der Waals surface area contributed by atoms with Gasteiger partial charge in [0.25, 0.3) is 0 Å². The molecule has 0 radical (unpaired) electrons. The van der Waals surface area contributed by atoms with Crippen LogP contribution in [0.2, 0.25) is 0 Å². The van der Waals surface area contributed by atoms with Gasteiger partial charge in [0.2, 0.25) is 5.91 Å². The molecule has 1 aromatic rings. The average Bonchev–Trinajstić information content (AvgIpc) is 2.66. The van der Waals surface area contributed by atoms with Crippen molar-refractivity contribution >= 4 is 29.4 Å². The van der Waals surface area contributed by atoms with Crippen molar-refractivity contribution in [1.82, 2.24) is 4.90 Å². The summed E-state index contributed by atoms with van der Waals surface area (Å²) in [4.78, 5) is 49.6. The van der Waals surface area contributed by atoms with Crippen LogP contribution in [0.15, 0.2) is 18.2 Å². The molecule has 2 amide bonds. The second-order valence-electron chi connectivity index (χ2n) is 8.21. The first-order chi connectivity index (χ1) is 14.0. The molecule has 0 aliphatic carbocycles. The van der Waals surface area contributed by atoms with Gasteiger partial charge in [-0.25, -0.2) is 4.79 Å². The van der Waals surface area contributed by atoms with Crippen molar-refractivity contribution in [1.29, 1.82) is 0 Å². The van der Waals surface area contributed by atoms with Crippen molar-refractivity contribution in [3.05, 3.63) is 23.8 Å². The number of likely N-dealkylation sites (tertiary alicyclic amines) is 1. The number of ether oxygens (including phenoxy) is 2. The fraction of sp³-hybridized carbons (Fsp3) is 0.524. The zero-order valence-electron chi connectivity index (χ0n) is 17.7. The first-order valence-electron chi connectivity index (χ1n) is 9.74. The van der Waals surface area contributed by atoms with Crippen LogP contribution in [0.5, 0.6) is 5.75 Å². The lowest BCUT2D eigenvalue weighted by Gasteiger charge is -2.33. The molecule has 9 heteroatoms. The minimum Gasteiger partial charge on any atom is -0.506 e. The number of phenolic OH excluding ortho intramolecular Hbond substituents is 1. The molecule has 2 rings (SSSR count). The molecule has 1 fully saturated rings. The van der Waals surface area contributed by atoms with E-state index in [2.05, 4.69) is 5.32 Å². The Bertz CT molecular complexity index is 829. The van der Waals surface area contributed by atoms with Crippen LogP contribution in [0.4, 0.5) is 10.5 Å². The number of carbonyl (C=O) groups excluding carboxylic acids is 4. The number of nitrogens with one attached hydrogen (secondary N) is 1. The van der Waals surface area contributed by atoms with Gasteiger partial charge in [0.1, 0.15) is 11.4 Å². The molecule has 0 unspecified atom stereocenters. The number of anilines is 1. The minimum atomic E-state index is -0.628. The van der Waals surface area contributed by atoms with E-state index in [1.807, 2.05) is 0 Å². The highest BCUT2D eigenvalue weighted by Crippen LogP contribution is 2.25. The van der Waals surface area contributed by atoms with Crippen LogP contribution in [0.25, 0.3) is 0 Å². The van der Waals surface area contributed by atoms with Gasteiger partial charge in [-0.05, 0) is 51.8 Å². The Kier molecular flexibility index (Phi) is 7.42. The molecule has 1 aromatic carbocycles. The number of rotatable bonds is 5. The van der Waals surface area contributed by atoms with Crippen LogP contribution in [-0.4, -0.2) is 59.1 Å². The van der Waals surface area contributed by atoms with Gasteiger partial charge in [-0.1, -0.05) is 0 Å². The molecule has 1 saturated heterocycles. The van der Waals surface area contributed by atoms with Gasteiger partial charge in [0.15, 0.2) is 12.4 Å². The SMILES string of the molecule is CC(=O)Nc1cc(C(=O)COC(=O)[C@H]2CCCN(C(=O)OC(C)(C)C)C2)ccc1O. The average molecular weight is 420 g/mol. The number of benzene rings is 1. The summed E-state index contributed by atoms with van der Waals surface area (Å²) in [6.07, 6.45) is 0.703. The lowest BCUT2D eigenvalue weighted by atomic mass is 9.98. The zero-order valence-corrected chi connectivity index (χ0v) is 17.7. The van der Waals surface area contributed by atoms with E-state index >= 15 is 0 Å². The number of nitrogens with zero attached hydrogens (tertiary/aromatic N) is 1. The molecule has 1 heterocycles. The fourth-order valence-corrected chi connectivity index (χ4v) is 3.00. The molecule has 0 spiro atoms. The molecule has 0 saturated carbocycles. The molecule has 0 aromatic heterocycles. The van der Waals surface area contributed by atoms with E-state index in [1.54, 1.807) is 20.8 Å². The molecular weight excluding hydrogens is 392 g/mol. The van der Waals surface area contributed by atoms with Crippen LogP contribution < -0.4 is 5.32 Å². The third kappa shape index (κ3) is 6.75. The quantitative estimate of drug-likeness (QED) is 0.427. The standard InChI is InChI=1S/C21H28N2O7/c1-13(24)22-16-10-14(7-8-17(16)25)18(26)12-29-19(27)15-6-5-9-23(11-15)20(28)30-21(2,3)4/h7-8,10,15,25H,5-6,9,11-12H2,1-4H3,(H,22,24)/t15-/m0/s1. The second kappa shape index (κ2) is 9.60. The molecular formula is C21H28N2O7. The number of hydrogen-bond acceptors (Lipinski definition) is 7. The fourth-order valence-electron chi connectivity index (χ4n) is 3.00. The minimum absolute atomic E-state index is 0.0972. The Morgan fingerprint density at radius 1 is 1.23 bits per heavy atom. The van der Waals surface area contributed by atoms with Crippen LogP contribution in [0.3, 0.4) is 0 Å². The Morgan fingerprint density at radius 2 is 1.93 bits per heavy atom. The van der Waals surface area contributed by atoms with E-state index in [0.717, 1.165) is 0 Å². The first kappa shape index (κ1) is 23.2. The first-order valence-corrected chi connectivity index (χ1v) is 9.74. The van der Waals surface area contributed by atoms with Gasteiger partial charge in [-0.2, -0.15) is 0 Å². The van der Waals surface area contributed by atoms with E-state index in [0.29, 0.717) is 19.4 Å². The zero-order chi connectivity index (χ0) is 22.5. The number of carbonyl (C=O) groups is 4. The molecule has 2 N–H and O–H groups in total. The van der Waals surface area contributed by atoms with Crippen molar-refractivity contribution in [2.45, 2.75) is 46.1 Å². The number of esters is 1. The summed E-state index contributed by atoms with van der Waals surface area (Å²) in [5.74, 6) is -2.14. The van der Waals surface area contributed by atoms with Crippen LogP contribution in [0, 0.1) is 5.92 Å².